The van der Waals surface area contributed by atoms with Crippen molar-refractivity contribution in [2.24, 2.45) is 0 Å². The van der Waals surface area contributed by atoms with Crippen molar-refractivity contribution in [1.29, 1.82) is 0 Å². The number of nitrogens with zero attached hydrogens (tertiary/aromatic N) is 3. The number of piperazine rings is 1. The number of benzene rings is 2. The third-order valence-electron chi connectivity index (χ3n) is 5.56. The van der Waals surface area contributed by atoms with E-state index in [0.717, 1.165) is 43.9 Å². The van der Waals surface area contributed by atoms with E-state index in [2.05, 4.69) is 71.3 Å². The van der Waals surface area contributed by atoms with Gasteiger partial charge in [0.15, 0.2) is 0 Å². The molecule has 4 rings (SSSR count). The maximum Gasteiger partial charge on any atom is 0.230 e. The number of para-hydroxylation sites is 2. The lowest BCUT2D eigenvalue weighted by Gasteiger charge is -2.35. The Bertz CT molecular complexity index is 780. The van der Waals surface area contributed by atoms with E-state index >= 15 is 0 Å². The van der Waals surface area contributed by atoms with E-state index in [1.165, 1.54) is 11.3 Å². The number of carbonyl (C=O) groups excluding carboxylic acids is 1. The van der Waals surface area contributed by atoms with E-state index in [0.29, 0.717) is 0 Å². The summed E-state index contributed by atoms with van der Waals surface area (Å²) in [4.78, 5) is 19.9. The third kappa shape index (κ3) is 2.91. The molecule has 0 aromatic heterocycles. The first-order chi connectivity index (χ1) is 12.1. The fourth-order valence-electron chi connectivity index (χ4n) is 4.03. The molecule has 1 atom stereocenters. The summed E-state index contributed by atoms with van der Waals surface area (Å²) in [5.74, 6) is 0.163. The van der Waals surface area contributed by atoms with Crippen LogP contribution in [-0.4, -0.2) is 56.0 Å². The summed E-state index contributed by atoms with van der Waals surface area (Å²) < 4.78 is 0. The second-order valence-corrected chi connectivity index (χ2v) is 7.13. The van der Waals surface area contributed by atoms with Crippen LogP contribution >= 0.6 is 0 Å². The van der Waals surface area contributed by atoms with Gasteiger partial charge in [-0.3, -0.25) is 4.79 Å². The van der Waals surface area contributed by atoms with Crippen LogP contribution in [-0.2, 0) is 11.2 Å². The highest BCUT2D eigenvalue weighted by Crippen LogP contribution is 2.40. The Kier molecular flexibility index (Phi) is 4.22. The minimum Gasteiger partial charge on any atom is -0.344 e. The van der Waals surface area contributed by atoms with Crippen molar-refractivity contribution >= 4 is 17.3 Å². The molecule has 1 unspecified atom stereocenters. The Hall–Kier alpha value is -2.33. The fraction of sp³-hybridized carbons (Fsp3) is 0.381. The van der Waals surface area contributed by atoms with Gasteiger partial charge in [-0.2, -0.15) is 0 Å². The van der Waals surface area contributed by atoms with Gasteiger partial charge in [-0.25, -0.2) is 0 Å². The fourth-order valence-corrected chi connectivity index (χ4v) is 4.03. The zero-order valence-corrected chi connectivity index (χ0v) is 15.0. The summed E-state index contributed by atoms with van der Waals surface area (Å²) in [5, 5.41) is 0. The van der Waals surface area contributed by atoms with Crippen LogP contribution in [0.25, 0.3) is 0 Å². The van der Waals surface area contributed by atoms with Crippen LogP contribution in [0.5, 0.6) is 0 Å². The first-order valence-corrected chi connectivity index (χ1v) is 9.03. The molecule has 2 aromatic rings. The van der Waals surface area contributed by atoms with E-state index in [9.17, 15) is 4.79 Å². The van der Waals surface area contributed by atoms with Crippen LogP contribution in [0.15, 0.2) is 48.5 Å². The molecule has 0 radical (unpaired) electrons. The largest absolute Gasteiger partial charge is 0.344 e. The lowest BCUT2D eigenvalue weighted by molar-refractivity contribution is -0.134. The third-order valence-corrected chi connectivity index (χ3v) is 5.56. The maximum atomic E-state index is 13.4. The van der Waals surface area contributed by atoms with Crippen LogP contribution in [0.3, 0.4) is 0 Å². The molecule has 1 amide bonds. The number of hydrogen-bond donors (Lipinski definition) is 0. The van der Waals surface area contributed by atoms with Crippen LogP contribution in [0.4, 0.5) is 11.4 Å². The highest BCUT2D eigenvalue weighted by molar-refractivity contribution is 5.88. The molecule has 2 aliphatic heterocycles. The molecule has 1 saturated heterocycles. The second kappa shape index (κ2) is 6.52. The molecule has 4 heteroatoms. The van der Waals surface area contributed by atoms with Crippen LogP contribution in [0, 0.1) is 0 Å². The molecular weight excluding hydrogens is 310 g/mol. The molecule has 2 aliphatic rings. The lowest BCUT2D eigenvalue weighted by atomic mass is 9.90. The molecule has 4 nitrogen and oxygen atoms in total. The molecule has 130 valence electrons. The highest BCUT2D eigenvalue weighted by atomic mass is 16.2. The predicted octanol–water partition coefficient (Wildman–Crippen LogP) is 2.87. The number of anilines is 2. The number of carbonyl (C=O) groups is 1. The number of amides is 1. The smallest absolute Gasteiger partial charge is 0.230 e. The molecule has 2 heterocycles. The minimum atomic E-state index is -0.106. The molecule has 0 spiro atoms. The van der Waals surface area contributed by atoms with Gasteiger partial charge in [-0.15, -0.1) is 0 Å². The molecule has 1 fully saturated rings. The van der Waals surface area contributed by atoms with Gasteiger partial charge >= 0.3 is 0 Å². The number of likely N-dealkylation sites (N-methyl/N-ethyl adjacent to an activating group) is 1. The zero-order valence-electron chi connectivity index (χ0n) is 15.0. The lowest BCUT2D eigenvalue weighted by Crippen LogP contribution is -2.48. The number of fused-ring (bicyclic) bond motifs is 2. The van der Waals surface area contributed by atoms with E-state index in [-0.39, 0.29) is 11.8 Å². The first-order valence-electron chi connectivity index (χ1n) is 9.03. The van der Waals surface area contributed by atoms with Gasteiger partial charge in [0.05, 0.1) is 5.92 Å². The minimum absolute atomic E-state index is 0.106. The summed E-state index contributed by atoms with van der Waals surface area (Å²) in [6.45, 7) is 3.56. The van der Waals surface area contributed by atoms with Crippen molar-refractivity contribution in [3.8, 4) is 0 Å². The maximum absolute atomic E-state index is 13.4. The van der Waals surface area contributed by atoms with E-state index in [1.54, 1.807) is 0 Å². The Morgan fingerprint density at radius 3 is 2.28 bits per heavy atom. The Morgan fingerprint density at radius 1 is 0.880 bits per heavy atom. The van der Waals surface area contributed by atoms with Gasteiger partial charge in [0.2, 0.25) is 5.91 Å². The van der Waals surface area contributed by atoms with Crippen molar-refractivity contribution in [2.45, 2.75) is 12.3 Å². The quantitative estimate of drug-likeness (QED) is 0.802. The van der Waals surface area contributed by atoms with Crippen molar-refractivity contribution in [1.82, 2.24) is 9.80 Å². The number of rotatable bonds is 1. The summed E-state index contributed by atoms with van der Waals surface area (Å²) >= 11 is 0. The summed E-state index contributed by atoms with van der Waals surface area (Å²) in [6, 6.07) is 16.8. The average Bonchev–Trinajstić information content (AvgIpc) is 2.78. The molecular formula is C21H25N3O. The van der Waals surface area contributed by atoms with Gasteiger partial charge in [0, 0.05) is 44.6 Å². The van der Waals surface area contributed by atoms with Crippen molar-refractivity contribution in [2.75, 3.05) is 45.2 Å². The standard InChI is InChI=1S/C21H25N3O/c1-22-11-13-24(14-12-22)21(25)18-15-16-7-3-5-9-19(16)23(2)20-10-6-4-8-17(18)20/h3-10,18H,11-15H2,1-2H3. The highest BCUT2D eigenvalue weighted by Gasteiger charge is 2.33. The van der Waals surface area contributed by atoms with Crippen LogP contribution in [0.2, 0.25) is 0 Å². The Morgan fingerprint density at radius 2 is 1.52 bits per heavy atom. The summed E-state index contributed by atoms with van der Waals surface area (Å²) in [5.41, 5.74) is 4.72. The average molecular weight is 335 g/mol. The molecule has 0 aliphatic carbocycles. The van der Waals surface area contributed by atoms with E-state index in [4.69, 9.17) is 0 Å². The first kappa shape index (κ1) is 16.2. The number of hydrogen-bond acceptors (Lipinski definition) is 3. The molecule has 2 aromatic carbocycles. The van der Waals surface area contributed by atoms with Gasteiger partial charge in [-0.05, 0) is 36.7 Å². The molecule has 25 heavy (non-hydrogen) atoms. The monoisotopic (exact) mass is 335 g/mol. The van der Waals surface area contributed by atoms with Gasteiger partial charge < -0.3 is 14.7 Å². The Labute approximate surface area is 149 Å². The van der Waals surface area contributed by atoms with Gasteiger partial charge in [-0.1, -0.05) is 36.4 Å². The van der Waals surface area contributed by atoms with Gasteiger partial charge in [0.25, 0.3) is 0 Å². The van der Waals surface area contributed by atoms with Crippen molar-refractivity contribution < 1.29 is 4.79 Å². The molecule has 0 saturated carbocycles. The topological polar surface area (TPSA) is 26.8 Å². The van der Waals surface area contributed by atoms with E-state index in [1.807, 2.05) is 6.07 Å². The van der Waals surface area contributed by atoms with Crippen LogP contribution in [0.1, 0.15) is 17.0 Å². The SMILES string of the molecule is CN1CCN(C(=O)C2Cc3ccccc3N(C)c3ccccc32)CC1. The van der Waals surface area contributed by atoms with Gasteiger partial charge in [0.1, 0.15) is 0 Å². The zero-order chi connectivity index (χ0) is 17.4. The molecule has 0 bridgehead atoms. The normalized spacial score (nSPS) is 20.6. The second-order valence-electron chi connectivity index (χ2n) is 7.13. The van der Waals surface area contributed by atoms with Crippen molar-refractivity contribution in [3.05, 3.63) is 59.7 Å². The molecule has 0 N–H and O–H groups in total. The van der Waals surface area contributed by atoms with E-state index < -0.39 is 0 Å². The van der Waals surface area contributed by atoms with Crippen molar-refractivity contribution in [3.63, 3.8) is 0 Å². The Balaban J connectivity index is 1.74. The summed E-state index contributed by atoms with van der Waals surface area (Å²) in [7, 11) is 4.22. The van der Waals surface area contributed by atoms with Crippen LogP contribution < -0.4 is 4.90 Å². The summed E-state index contributed by atoms with van der Waals surface area (Å²) in [6.07, 6.45) is 0.767. The predicted molar refractivity (Wildman–Crippen MR) is 101 cm³/mol.